The van der Waals surface area contributed by atoms with Crippen molar-refractivity contribution in [2.45, 2.75) is 46.7 Å². The maximum atomic E-state index is 4.09. The highest BCUT2D eigenvalue weighted by Gasteiger charge is 2.07. The van der Waals surface area contributed by atoms with Crippen LogP contribution in [-0.4, -0.2) is 36.6 Å². The van der Waals surface area contributed by atoms with Crippen LogP contribution in [0.4, 0.5) is 0 Å². The van der Waals surface area contributed by atoms with Crippen molar-refractivity contribution in [2.24, 2.45) is 0 Å². The summed E-state index contributed by atoms with van der Waals surface area (Å²) >= 11 is 0. The Kier molecular flexibility index (Phi) is 6.85. The Morgan fingerprint density at radius 3 is 2.21 bits per heavy atom. The first-order chi connectivity index (χ1) is 6.47. The minimum absolute atomic E-state index is 0.542. The highest BCUT2D eigenvalue weighted by molar-refractivity contribution is 5.00. The van der Waals surface area contributed by atoms with Crippen LogP contribution in [-0.2, 0) is 0 Å². The van der Waals surface area contributed by atoms with Gasteiger partial charge in [-0.2, -0.15) is 0 Å². The molecule has 0 spiro atoms. The number of nitrogens with one attached hydrogen (secondary N) is 1. The van der Waals surface area contributed by atoms with E-state index in [1.165, 1.54) is 5.57 Å². The summed E-state index contributed by atoms with van der Waals surface area (Å²) in [5.41, 5.74) is 1.27. The molecule has 0 atom stereocenters. The van der Waals surface area contributed by atoms with Crippen LogP contribution < -0.4 is 5.32 Å². The molecule has 0 fully saturated rings. The number of likely N-dealkylation sites (N-methyl/N-ethyl adjacent to an activating group) is 1. The lowest BCUT2D eigenvalue weighted by molar-refractivity contribution is 0.252. The molecule has 0 aromatic carbocycles. The largest absolute Gasteiger partial charge is 0.311 e. The van der Waals surface area contributed by atoms with Crippen molar-refractivity contribution in [3.63, 3.8) is 0 Å². The molecule has 2 heteroatoms. The Morgan fingerprint density at radius 2 is 1.86 bits per heavy atom. The number of rotatable bonds is 7. The smallest absolute Gasteiger partial charge is 0.0205 e. The van der Waals surface area contributed by atoms with Crippen molar-refractivity contribution in [2.75, 3.05) is 19.6 Å². The van der Waals surface area contributed by atoms with Gasteiger partial charge in [0.05, 0.1) is 0 Å². The van der Waals surface area contributed by atoms with Crippen LogP contribution >= 0.6 is 0 Å². The van der Waals surface area contributed by atoms with Gasteiger partial charge in [-0.15, -0.1) is 0 Å². The zero-order valence-electron chi connectivity index (χ0n) is 10.4. The molecule has 2 nitrogen and oxygen atoms in total. The Bertz CT molecular complexity index is 162. The first-order valence-electron chi connectivity index (χ1n) is 5.61. The van der Waals surface area contributed by atoms with Crippen molar-refractivity contribution in [1.29, 1.82) is 0 Å². The van der Waals surface area contributed by atoms with Crippen molar-refractivity contribution in [1.82, 2.24) is 10.2 Å². The highest BCUT2D eigenvalue weighted by Crippen LogP contribution is 2.01. The Balaban J connectivity index is 3.79. The zero-order valence-corrected chi connectivity index (χ0v) is 10.4. The van der Waals surface area contributed by atoms with Crippen molar-refractivity contribution in [3.8, 4) is 0 Å². The second-order valence-electron chi connectivity index (χ2n) is 4.44. The van der Waals surface area contributed by atoms with Gasteiger partial charge in [0.15, 0.2) is 0 Å². The van der Waals surface area contributed by atoms with Crippen molar-refractivity contribution < 1.29 is 0 Å². The lowest BCUT2D eigenvalue weighted by atomic mass is 10.2. The topological polar surface area (TPSA) is 15.3 Å². The van der Waals surface area contributed by atoms with Crippen LogP contribution in [0, 0.1) is 0 Å². The van der Waals surface area contributed by atoms with Crippen LogP contribution in [0.15, 0.2) is 12.2 Å². The summed E-state index contributed by atoms with van der Waals surface area (Å²) in [6.07, 6.45) is 0. The lowest BCUT2D eigenvalue weighted by Crippen LogP contribution is -2.35. The summed E-state index contributed by atoms with van der Waals surface area (Å²) < 4.78 is 0. The minimum atomic E-state index is 0.542. The first kappa shape index (κ1) is 13.7. The SMILES string of the molecule is C=C(CNC(C)C)CN(CC)C(C)C. The van der Waals surface area contributed by atoms with Crippen LogP contribution in [0.3, 0.4) is 0 Å². The molecular formula is C12H26N2. The molecular weight excluding hydrogens is 172 g/mol. The molecule has 0 aromatic rings. The third-order valence-corrected chi connectivity index (χ3v) is 2.32. The van der Waals surface area contributed by atoms with Gasteiger partial charge in [-0.05, 0) is 26.0 Å². The number of hydrogen-bond donors (Lipinski definition) is 1. The fraction of sp³-hybridized carbons (Fsp3) is 0.833. The fourth-order valence-corrected chi connectivity index (χ4v) is 1.35. The predicted molar refractivity (Wildman–Crippen MR) is 64.7 cm³/mol. The predicted octanol–water partition coefficient (Wildman–Crippen LogP) is 2.27. The second-order valence-corrected chi connectivity index (χ2v) is 4.44. The molecule has 0 rings (SSSR count). The van der Waals surface area contributed by atoms with E-state index in [1.54, 1.807) is 0 Å². The quantitative estimate of drug-likeness (QED) is 0.631. The minimum Gasteiger partial charge on any atom is -0.311 e. The van der Waals surface area contributed by atoms with E-state index in [4.69, 9.17) is 0 Å². The average molecular weight is 198 g/mol. The van der Waals surface area contributed by atoms with E-state index >= 15 is 0 Å². The fourth-order valence-electron chi connectivity index (χ4n) is 1.35. The third kappa shape index (κ3) is 6.17. The second kappa shape index (κ2) is 7.02. The summed E-state index contributed by atoms with van der Waals surface area (Å²) in [6.45, 7) is 18.1. The normalized spacial score (nSPS) is 11.7. The zero-order chi connectivity index (χ0) is 11.1. The Hall–Kier alpha value is -0.340. The molecule has 0 saturated carbocycles. The summed E-state index contributed by atoms with van der Waals surface area (Å²) in [6, 6.07) is 1.15. The van der Waals surface area contributed by atoms with Crippen LogP contribution in [0.25, 0.3) is 0 Å². The Labute approximate surface area is 89.4 Å². The van der Waals surface area contributed by atoms with E-state index in [1.807, 2.05) is 0 Å². The van der Waals surface area contributed by atoms with Gasteiger partial charge in [-0.1, -0.05) is 27.4 Å². The summed E-state index contributed by atoms with van der Waals surface area (Å²) in [4.78, 5) is 2.42. The third-order valence-electron chi connectivity index (χ3n) is 2.32. The van der Waals surface area contributed by atoms with Gasteiger partial charge in [0.1, 0.15) is 0 Å². The van der Waals surface area contributed by atoms with Gasteiger partial charge < -0.3 is 5.32 Å². The molecule has 1 N–H and O–H groups in total. The maximum absolute atomic E-state index is 4.09. The van der Waals surface area contributed by atoms with Crippen LogP contribution in [0.2, 0.25) is 0 Å². The van der Waals surface area contributed by atoms with Gasteiger partial charge in [0.25, 0.3) is 0 Å². The molecule has 0 bridgehead atoms. The number of hydrogen-bond acceptors (Lipinski definition) is 2. The molecule has 0 aromatic heterocycles. The molecule has 0 aliphatic rings. The average Bonchev–Trinajstić information content (AvgIpc) is 2.10. The van der Waals surface area contributed by atoms with E-state index in [9.17, 15) is 0 Å². The van der Waals surface area contributed by atoms with Gasteiger partial charge in [-0.3, -0.25) is 4.90 Å². The maximum Gasteiger partial charge on any atom is 0.0205 e. The van der Waals surface area contributed by atoms with Gasteiger partial charge >= 0.3 is 0 Å². The molecule has 0 unspecified atom stereocenters. The molecule has 0 heterocycles. The molecule has 0 radical (unpaired) electrons. The van der Waals surface area contributed by atoms with E-state index < -0.39 is 0 Å². The first-order valence-corrected chi connectivity index (χ1v) is 5.61. The highest BCUT2D eigenvalue weighted by atomic mass is 15.1. The molecule has 84 valence electrons. The molecule has 0 aliphatic carbocycles. The van der Waals surface area contributed by atoms with Crippen molar-refractivity contribution >= 4 is 0 Å². The summed E-state index contributed by atoms with van der Waals surface area (Å²) in [5, 5.41) is 3.39. The molecule has 0 saturated heterocycles. The van der Waals surface area contributed by atoms with E-state index in [0.29, 0.717) is 12.1 Å². The summed E-state index contributed by atoms with van der Waals surface area (Å²) in [7, 11) is 0. The number of nitrogens with zero attached hydrogens (tertiary/aromatic N) is 1. The van der Waals surface area contributed by atoms with Gasteiger partial charge in [-0.25, -0.2) is 0 Å². The van der Waals surface area contributed by atoms with Crippen LogP contribution in [0.5, 0.6) is 0 Å². The monoisotopic (exact) mass is 198 g/mol. The van der Waals surface area contributed by atoms with E-state index in [-0.39, 0.29) is 0 Å². The Morgan fingerprint density at radius 1 is 1.29 bits per heavy atom. The van der Waals surface area contributed by atoms with E-state index in [0.717, 1.165) is 19.6 Å². The van der Waals surface area contributed by atoms with E-state index in [2.05, 4.69) is 51.4 Å². The standard InChI is InChI=1S/C12H26N2/c1-7-14(11(4)5)9-12(6)8-13-10(2)3/h10-11,13H,6-9H2,1-5H3. The van der Waals surface area contributed by atoms with Crippen LogP contribution in [0.1, 0.15) is 34.6 Å². The lowest BCUT2D eigenvalue weighted by Gasteiger charge is -2.26. The van der Waals surface area contributed by atoms with Gasteiger partial charge in [0.2, 0.25) is 0 Å². The molecule has 14 heavy (non-hydrogen) atoms. The van der Waals surface area contributed by atoms with Gasteiger partial charge in [0, 0.05) is 25.2 Å². The molecule has 0 aliphatic heterocycles. The summed E-state index contributed by atoms with van der Waals surface area (Å²) in [5.74, 6) is 0. The molecule has 0 amide bonds. The van der Waals surface area contributed by atoms with Crippen molar-refractivity contribution in [3.05, 3.63) is 12.2 Å².